The summed E-state index contributed by atoms with van der Waals surface area (Å²) >= 11 is 0. The van der Waals surface area contributed by atoms with Crippen molar-refractivity contribution in [2.75, 3.05) is 4.72 Å². The average molecular weight is 432 g/mol. The van der Waals surface area contributed by atoms with Gasteiger partial charge in [0.05, 0.1) is 10.3 Å². The van der Waals surface area contributed by atoms with Gasteiger partial charge in [0, 0.05) is 16.8 Å². The van der Waals surface area contributed by atoms with Crippen molar-refractivity contribution in [2.24, 2.45) is 0 Å². The van der Waals surface area contributed by atoms with Gasteiger partial charge in [-0.15, -0.1) is 6.58 Å². The third-order valence-electron chi connectivity index (χ3n) is 5.02. The standard InChI is InChI=1S/C25H21NO4S/c1-3-6-22-21-7-4-5-8-23(21)25(27)30-24(22)18-11-13-19(14-12-18)26-31(28,29)20-15-9-17(2)10-16-20/h3-5,7-16,26H,1,6H2,2H3. The first-order valence-corrected chi connectivity index (χ1v) is 11.2. The van der Waals surface area contributed by atoms with Gasteiger partial charge in [-0.3, -0.25) is 4.72 Å². The maximum Gasteiger partial charge on any atom is 0.344 e. The summed E-state index contributed by atoms with van der Waals surface area (Å²) in [6.45, 7) is 5.71. The summed E-state index contributed by atoms with van der Waals surface area (Å²) in [5.41, 5.74) is 2.52. The molecule has 0 amide bonds. The third kappa shape index (κ3) is 4.15. The predicted octanol–water partition coefficient (Wildman–Crippen LogP) is 5.30. The van der Waals surface area contributed by atoms with Crippen LogP contribution in [0.5, 0.6) is 0 Å². The average Bonchev–Trinajstić information content (AvgIpc) is 2.76. The van der Waals surface area contributed by atoms with E-state index in [9.17, 15) is 13.2 Å². The minimum Gasteiger partial charge on any atom is -0.422 e. The Labute approximate surface area is 180 Å². The Kier molecular flexibility index (Phi) is 5.48. The minimum absolute atomic E-state index is 0.191. The van der Waals surface area contributed by atoms with Gasteiger partial charge >= 0.3 is 5.63 Å². The van der Waals surface area contributed by atoms with Gasteiger partial charge in [0.1, 0.15) is 5.76 Å². The zero-order valence-electron chi connectivity index (χ0n) is 17.0. The lowest BCUT2D eigenvalue weighted by Crippen LogP contribution is -2.12. The number of hydrogen-bond acceptors (Lipinski definition) is 4. The van der Waals surface area contributed by atoms with Crippen LogP contribution >= 0.6 is 0 Å². The smallest absolute Gasteiger partial charge is 0.344 e. The molecule has 4 rings (SSSR count). The molecule has 0 spiro atoms. The van der Waals surface area contributed by atoms with E-state index in [0.717, 1.165) is 16.5 Å². The first-order valence-electron chi connectivity index (χ1n) is 9.74. The summed E-state index contributed by atoms with van der Waals surface area (Å²) in [6.07, 6.45) is 2.29. The van der Waals surface area contributed by atoms with Gasteiger partial charge < -0.3 is 4.42 Å². The van der Waals surface area contributed by atoms with Gasteiger partial charge in [-0.05, 0) is 61.2 Å². The van der Waals surface area contributed by atoms with E-state index >= 15 is 0 Å². The molecule has 6 heteroatoms. The van der Waals surface area contributed by atoms with Crippen molar-refractivity contribution in [3.8, 4) is 11.3 Å². The first kappa shape index (κ1) is 20.6. The molecule has 0 fully saturated rings. The van der Waals surface area contributed by atoms with Gasteiger partial charge in [-0.25, -0.2) is 13.2 Å². The molecule has 0 aliphatic heterocycles. The molecule has 5 nitrogen and oxygen atoms in total. The van der Waals surface area contributed by atoms with Gasteiger partial charge in [-0.1, -0.05) is 42.0 Å². The number of anilines is 1. The fourth-order valence-electron chi connectivity index (χ4n) is 3.46. The highest BCUT2D eigenvalue weighted by Gasteiger charge is 2.16. The highest BCUT2D eigenvalue weighted by atomic mass is 32.2. The van der Waals surface area contributed by atoms with Crippen molar-refractivity contribution >= 4 is 26.5 Å². The minimum atomic E-state index is -3.70. The van der Waals surface area contributed by atoms with E-state index in [4.69, 9.17) is 4.42 Å². The molecule has 0 unspecified atom stereocenters. The molecule has 0 saturated heterocycles. The number of aryl methyl sites for hydroxylation is 1. The van der Waals surface area contributed by atoms with Crippen molar-refractivity contribution < 1.29 is 12.8 Å². The van der Waals surface area contributed by atoms with Crippen molar-refractivity contribution in [3.05, 3.63) is 107 Å². The SMILES string of the molecule is C=CCc1c(-c2ccc(NS(=O)(=O)c3ccc(C)cc3)cc2)oc(=O)c2ccccc12. The van der Waals surface area contributed by atoms with Crippen molar-refractivity contribution in [3.63, 3.8) is 0 Å². The molecule has 1 heterocycles. The highest BCUT2D eigenvalue weighted by molar-refractivity contribution is 7.92. The zero-order chi connectivity index (χ0) is 22.0. The molecule has 4 aromatic rings. The zero-order valence-corrected chi connectivity index (χ0v) is 17.8. The van der Waals surface area contributed by atoms with Crippen LogP contribution in [0.2, 0.25) is 0 Å². The summed E-state index contributed by atoms with van der Waals surface area (Å²) in [4.78, 5) is 12.7. The Balaban J connectivity index is 1.71. The lowest BCUT2D eigenvalue weighted by atomic mass is 9.99. The van der Waals surface area contributed by atoms with Crippen molar-refractivity contribution in [1.29, 1.82) is 0 Å². The maximum atomic E-state index is 12.6. The monoisotopic (exact) mass is 431 g/mol. The van der Waals surface area contributed by atoms with Crippen LogP contribution in [0, 0.1) is 6.92 Å². The third-order valence-corrected chi connectivity index (χ3v) is 6.42. The molecule has 156 valence electrons. The van der Waals surface area contributed by atoms with E-state index in [-0.39, 0.29) is 4.90 Å². The second-order valence-electron chi connectivity index (χ2n) is 7.23. The lowest BCUT2D eigenvalue weighted by molar-refractivity contribution is 0.530. The van der Waals surface area contributed by atoms with Gasteiger partial charge in [-0.2, -0.15) is 0 Å². The largest absolute Gasteiger partial charge is 0.422 e. The number of fused-ring (bicyclic) bond motifs is 1. The number of nitrogens with one attached hydrogen (secondary N) is 1. The quantitative estimate of drug-likeness (QED) is 0.421. The molecule has 1 N–H and O–H groups in total. The number of benzene rings is 3. The lowest BCUT2D eigenvalue weighted by Gasteiger charge is -2.12. The van der Waals surface area contributed by atoms with E-state index in [1.165, 1.54) is 0 Å². The molecule has 0 atom stereocenters. The maximum absolute atomic E-state index is 12.6. The van der Waals surface area contributed by atoms with Crippen LogP contribution < -0.4 is 10.3 Å². The van der Waals surface area contributed by atoms with Crippen LogP contribution in [-0.4, -0.2) is 8.42 Å². The summed E-state index contributed by atoms with van der Waals surface area (Å²) in [5.74, 6) is 0.455. The summed E-state index contributed by atoms with van der Waals surface area (Å²) in [5, 5.41) is 1.34. The fraction of sp³-hybridized carbons (Fsp3) is 0.0800. The van der Waals surface area contributed by atoms with E-state index < -0.39 is 15.6 Å². The van der Waals surface area contributed by atoms with E-state index in [0.29, 0.717) is 28.8 Å². The number of allylic oxidation sites excluding steroid dienone is 1. The predicted molar refractivity (Wildman–Crippen MR) is 124 cm³/mol. The van der Waals surface area contributed by atoms with Gasteiger partial charge in [0.25, 0.3) is 10.0 Å². The van der Waals surface area contributed by atoms with Crippen molar-refractivity contribution in [2.45, 2.75) is 18.2 Å². The molecule has 0 aliphatic rings. The molecule has 0 aliphatic carbocycles. The normalized spacial score (nSPS) is 11.4. The first-order chi connectivity index (χ1) is 14.9. The van der Waals surface area contributed by atoms with Gasteiger partial charge in [0.2, 0.25) is 0 Å². The van der Waals surface area contributed by atoms with E-state index in [1.54, 1.807) is 66.7 Å². The highest BCUT2D eigenvalue weighted by Crippen LogP contribution is 2.30. The van der Waals surface area contributed by atoms with Crippen LogP contribution in [0.3, 0.4) is 0 Å². The number of rotatable bonds is 6. The van der Waals surface area contributed by atoms with Crippen LogP contribution in [0.1, 0.15) is 11.1 Å². The molecule has 0 bridgehead atoms. The van der Waals surface area contributed by atoms with Crippen LogP contribution in [0.4, 0.5) is 5.69 Å². The van der Waals surface area contributed by atoms with Crippen LogP contribution in [0.25, 0.3) is 22.1 Å². The van der Waals surface area contributed by atoms with Gasteiger partial charge in [0.15, 0.2) is 0 Å². The topological polar surface area (TPSA) is 76.4 Å². The Morgan fingerprint density at radius 3 is 2.23 bits per heavy atom. The van der Waals surface area contributed by atoms with E-state index in [2.05, 4.69) is 11.3 Å². The summed E-state index contributed by atoms with van der Waals surface area (Å²) in [7, 11) is -3.70. The summed E-state index contributed by atoms with van der Waals surface area (Å²) < 4.78 is 33.4. The molecule has 31 heavy (non-hydrogen) atoms. The Morgan fingerprint density at radius 1 is 0.935 bits per heavy atom. The molecule has 3 aromatic carbocycles. The Morgan fingerprint density at radius 2 is 1.58 bits per heavy atom. The molecule has 1 aromatic heterocycles. The Bertz CT molecular complexity index is 1420. The number of sulfonamides is 1. The number of hydrogen-bond donors (Lipinski definition) is 1. The summed E-state index contributed by atoms with van der Waals surface area (Å²) in [6, 6.07) is 20.7. The van der Waals surface area contributed by atoms with E-state index in [1.807, 2.05) is 19.1 Å². The second kappa shape index (κ2) is 8.24. The van der Waals surface area contributed by atoms with Crippen molar-refractivity contribution in [1.82, 2.24) is 0 Å². The fourth-order valence-corrected chi connectivity index (χ4v) is 4.52. The van der Waals surface area contributed by atoms with Crippen LogP contribution in [-0.2, 0) is 16.4 Å². The molecular weight excluding hydrogens is 410 g/mol. The second-order valence-corrected chi connectivity index (χ2v) is 8.91. The Hall–Kier alpha value is -3.64. The molecular formula is C25H21NO4S. The molecule has 0 radical (unpaired) electrons. The molecule has 0 saturated carbocycles. The van der Waals surface area contributed by atoms with Crippen LogP contribution in [0.15, 0.2) is 99.6 Å².